The molecule has 150 valence electrons. The Morgan fingerprint density at radius 3 is 2.59 bits per heavy atom. The average molecular weight is 415 g/mol. The molecule has 2 aromatic carbocycles. The van der Waals surface area contributed by atoms with Gasteiger partial charge in [0.05, 0.1) is 10.7 Å². The molecule has 1 N–H and O–H groups in total. The summed E-state index contributed by atoms with van der Waals surface area (Å²) in [4.78, 5) is 14.6. The number of nitrogens with one attached hydrogen (secondary N) is 1. The summed E-state index contributed by atoms with van der Waals surface area (Å²) in [5, 5.41) is 14.9. The van der Waals surface area contributed by atoms with E-state index in [0.717, 1.165) is 11.3 Å². The fourth-order valence-corrected chi connectivity index (χ4v) is 3.57. The second kappa shape index (κ2) is 8.16. The lowest BCUT2D eigenvalue weighted by Gasteiger charge is -2.31. The fraction of sp³-hybridized carbons (Fsp3) is 0.300. The van der Waals surface area contributed by atoms with E-state index in [9.17, 15) is 9.18 Å². The number of tetrazole rings is 1. The van der Waals surface area contributed by atoms with Gasteiger partial charge in [-0.3, -0.25) is 4.79 Å². The van der Waals surface area contributed by atoms with E-state index in [1.807, 2.05) is 31.2 Å². The van der Waals surface area contributed by atoms with Crippen molar-refractivity contribution < 1.29 is 9.18 Å². The zero-order valence-electron chi connectivity index (χ0n) is 15.8. The van der Waals surface area contributed by atoms with Gasteiger partial charge in [-0.05, 0) is 60.5 Å². The quantitative estimate of drug-likeness (QED) is 0.705. The third-order valence-electron chi connectivity index (χ3n) is 5.07. The van der Waals surface area contributed by atoms with Crippen LogP contribution < -0.4 is 10.2 Å². The molecule has 0 unspecified atom stereocenters. The van der Waals surface area contributed by atoms with Gasteiger partial charge < -0.3 is 10.2 Å². The van der Waals surface area contributed by atoms with Gasteiger partial charge in [0.15, 0.2) is 0 Å². The summed E-state index contributed by atoms with van der Waals surface area (Å²) >= 11 is 5.78. The Morgan fingerprint density at radius 1 is 1.17 bits per heavy atom. The van der Waals surface area contributed by atoms with Gasteiger partial charge in [0.1, 0.15) is 5.82 Å². The number of nitrogens with zero attached hydrogens (tertiary/aromatic N) is 5. The number of hydrogen-bond acceptors (Lipinski definition) is 5. The molecule has 0 atom stereocenters. The lowest BCUT2D eigenvalue weighted by molar-refractivity contribution is -0.120. The Balaban J connectivity index is 1.40. The Labute approximate surface area is 172 Å². The van der Waals surface area contributed by atoms with Crippen LogP contribution in [0.4, 0.5) is 16.0 Å². The van der Waals surface area contributed by atoms with Gasteiger partial charge in [-0.15, -0.1) is 0 Å². The third-order valence-corrected chi connectivity index (χ3v) is 5.36. The summed E-state index contributed by atoms with van der Waals surface area (Å²) in [6.45, 7) is 3.35. The largest absolute Gasteiger partial charge is 0.339 e. The van der Waals surface area contributed by atoms with Crippen molar-refractivity contribution in [1.82, 2.24) is 20.2 Å². The molecule has 1 saturated heterocycles. The summed E-state index contributed by atoms with van der Waals surface area (Å²) in [6.07, 6.45) is 1.34. The maximum Gasteiger partial charge on any atom is 0.250 e. The van der Waals surface area contributed by atoms with Crippen LogP contribution in [-0.2, 0) is 4.79 Å². The lowest BCUT2D eigenvalue weighted by atomic mass is 9.96. The lowest BCUT2D eigenvalue weighted by Crippen LogP contribution is -2.39. The second-order valence-corrected chi connectivity index (χ2v) is 7.51. The van der Waals surface area contributed by atoms with Crippen LogP contribution in [0.5, 0.6) is 0 Å². The van der Waals surface area contributed by atoms with E-state index in [0.29, 0.717) is 37.6 Å². The SMILES string of the molecule is Cc1ccc(-n2nnnc2N2CCC(C(=O)Nc3ccc(F)c(Cl)c3)CC2)cc1. The third kappa shape index (κ3) is 4.22. The molecule has 0 aliphatic carbocycles. The molecule has 0 radical (unpaired) electrons. The Bertz CT molecular complexity index is 1010. The predicted molar refractivity (Wildman–Crippen MR) is 109 cm³/mol. The number of anilines is 2. The monoisotopic (exact) mass is 414 g/mol. The molecule has 0 bridgehead atoms. The first-order chi connectivity index (χ1) is 14.0. The molecule has 1 aliphatic rings. The number of carbonyl (C=O) groups excluding carboxylic acids is 1. The van der Waals surface area contributed by atoms with Gasteiger partial charge in [0.25, 0.3) is 0 Å². The van der Waals surface area contributed by atoms with E-state index in [4.69, 9.17) is 11.6 Å². The highest BCUT2D eigenvalue weighted by Crippen LogP contribution is 2.25. The summed E-state index contributed by atoms with van der Waals surface area (Å²) in [5.41, 5.74) is 2.55. The Morgan fingerprint density at radius 2 is 1.90 bits per heavy atom. The maximum atomic E-state index is 13.3. The minimum Gasteiger partial charge on any atom is -0.339 e. The first-order valence-electron chi connectivity index (χ1n) is 9.37. The number of amides is 1. The smallest absolute Gasteiger partial charge is 0.250 e. The van der Waals surface area contributed by atoms with E-state index >= 15 is 0 Å². The van der Waals surface area contributed by atoms with Crippen LogP contribution in [0.15, 0.2) is 42.5 Å². The molecule has 9 heteroatoms. The van der Waals surface area contributed by atoms with Crippen molar-refractivity contribution in [3.05, 3.63) is 58.9 Å². The molecule has 1 aromatic heterocycles. The van der Waals surface area contributed by atoms with Gasteiger partial charge in [-0.25, -0.2) is 4.39 Å². The second-order valence-electron chi connectivity index (χ2n) is 7.11. The molecular formula is C20H20ClFN6O. The zero-order valence-corrected chi connectivity index (χ0v) is 16.6. The number of aryl methyl sites for hydroxylation is 1. The molecular weight excluding hydrogens is 395 g/mol. The minimum atomic E-state index is -0.510. The summed E-state index contributed by atoms with van der Waals surface area (Å²) in [5.74, 6) is -0.0773. The highest BCUT2D eigenvalue weighted by atomic mass is 35.5. The van der Waals surface area contributed by atoms with Crippen molar-refractivity contribution in [2.45, 2.75) is 19.8 Å². The maximum absolute atomic E-state index is 13.3. The van der Waals surface area contributed by atoms with Gasteiger partial charge >= 0.3 is 0 Å². The van der Waals surface area contributed by atoms with E-state index in [-0.39, 0.29) is 16.8 Å². The highest BCUT2D eigenvalue weighted by Gasteiger charge is 2.28. The van der Waals surface area contributed by atoms with Crippen LogP contribution in [0.25, 0.3) is 5.69 Å². The normalized spacial score (nSPS) is 14.8. The first-order valence-corrected chi connectivity index (χ1v) is 9.75. The number of halogens is 2. The zero-order chi connectivity index (χ0) is 20.4. The van der Waals surface area contributed by atoms with Crippen molar-refractivity contribution in [2.24, 2.45) is 5.92 Å². The predicted octanol–water partition coefficient (Wildman–Crippen LogP) is 3.62. The van der Waals surface area contributed by atoms with E-state index in [1.165, 1.54) is 18.2 Å². The number of carbonyl (C=O) groups is 1. The number of piperidine rings is 1. The molecule has 1 fully saturated rings. The Kier molecular flexibility index (Phi) is 5.44. The topological polar surface area (TPSA) is 75.9 Å². The van der Waals surface area contributed by atoms with Crippen LogP contribution in [-0.4, -0.2) is 39.2 Å². The number of rotatable bonds is 4. The molecule has 0 saturated carbocycles. The van der Waals surface area contributed by atoms with Crippen molar-refractivity contribution in [1.29, 1.82) is 0 Å². The minimum absolute atomic E-state index is 0.0134. The summed E-state index contributed by atoms with van der Waals surface area (Å²) < 4.78 is 15.0. The van der Waals surface area contributed by atoms with Crippen LogP contribution >= 0.6 is 11.6 Å². The average Bonchev–Trinajstić information content (AvgIpc) is 3.21. The van der Waals surface area contributed by atoms with E-state index in [2.05, 4.69) is 25.7 Å². The van der Waals surface area contributed by atoms with E-state index < -0.39 is 5.82 Å². The summed E-state index contributed by atoms with van der Waals surface area (Å²) in [6, 6.07) is 12.1. The van der Waals surface area contributed by atoms with Crippen LogP contribution in [0.3, 0.4) is 0 Å². The van der Waals surface area contributed by atoms with Crippen LogP contribution in [0, 0.1) is 18.7 Å². The number of benzene rings is 2. The molecule has 1 aliphatic heterocycles. The number of aromatic nitrogens is 4. The first kappa shape index (κ1) is 19.3. The highest BCUT2D eigenvalue weighted by molar-refractivity contribution is 6.31. The fourth-order valence-electron chi connectivity index (χ4n) is 3.39. The van der Waals surface area contributed by atoms with Crippen LogP contribution in [0.2, 0.25) is 5.02 Å². The molecule has 4 rings (SSSR count). The molecule has 7 nitrogen and oxygen atoms in total. The van der Waals surface area contributed by atoms with Crippen molar-refractivity contribution in [3.8, 4) is 5.69 Å². The molecule has 0 spiro atoms. The van der Waals surface area contributed by atoms with Gasteiger partial charge in [-0.2, -0.15) is 4.68 Å². The van der Waals surface area contributed by atoms with Crippen molar-refractivity contribution in [3.63, 3.8) is 0 Å². The standard InChI is InChI=1S/C20H20ClFN6O/c1-13-2-5-16(6-3-13)28-20(24-25-26-28)27-10-8-14(9-11-27)19(29)23-15-4-7-18(22)17(21)12-15/h2-7,12,14H,8-11H2,1H3,(H,23,29). The van der Waals surface area contributed by atoms with Crippen molar-refractivity contribution >= 4 is 29.1 Å². The van der Waals surface area contributed by atoms with Gasteiger partial charge in [0, 0.05) is 24.7 Å². The molecule has 2 heterocycles. The van der Waals surface area contributed by atoms with Crippen molar-refractivity contribution in [2.75, 3.05) is 23.3 Å². The van der Waals surface area contributed by atoms with Gasteiger partial charge in [-0.1, -0.05) is 34.4 Å². The number of hydrogen-bond donors (Lipinski definition) is 1. The molecule has 29 heavy (non-hydrogen) atoms. The van der Waals surface area contributed by atoms with E-state index in [1.54, 1.807) is 4.68 Å². The van der Waals surface area contributed by atoms with Crippen LogP contribution in [0.1, 0.15) is 18.4 Å². The summed E-state index contributed by atoms with van der Waals surface area (Å²) in [7, 11) is 0. The van der Waals surface area contributed by atoms with Gasteiger partial charge in [0.2, 0.25) is 11.9 Å². The Hall–Kier alpha value is -3.00. The molecule has 1 amide bonds. The molecule has 3 aromatic rings.